The number of benzene rings is 1. The van der Waals surface area contributed by atoms with Crippen LogP contribution in [0.2, 0.25) is 0 Å². The van der Waals surface area contributed by atoms with Gasteiger partial charge < -0.3 is 25.0 Å². The summed E-state index contributed by atoms with van der Waals surface area (Å²) in [6, 6.07) is 6.31. The van der Waals surface area contributed by atoms with Crippen LogP contribution in [0.5, 0.6) is 0 Å². The first-order chi connectivity index (χ1) is 16.7. The zero-order valence-corrected chi connectivity index (χ0v) is 23.0. The maximum absolute atomic E-state index is 13.8. The number of esters is 1. The third-order valence-electron chi connectivity index (χ3n) is 7.54. The summed E-state index contributed by atoms with van der Waals surface area (Å²) < 4.78 is 4.58. The third-order valence-corrected chi connectivity index (χ3v) is 10.8. The molecule has 0 saturated carbocycles. The summed E-state index contributed by atoms with van der Waals surface area (Å²) in [5.74, 6) is -2.21. The summed E-state index contributed by atoms with van der Waals surface area (Å²) in [7, 11) is 0. The van der Waals surface area contributed by atoms with Gasteiger partial charge in [-0.1, -0.05) is 15.9 Å². The van der Waals surface area contributed by atoms with Crippen LogP contribution in [0.1, 0.15) is 34.1 Å². The first-order valence-electron chi connectivity index (χ1n) is 12.3. The quantitative estimate of drug-likeness (QED) is 0.349. The second kappa shape index (κ2) is 10.3. The molecule has 0 aliphatic carbocycles. The number of halogens is 1. The number of amides is 2. The van der Waals surface area contributed by atoms with Gasteiger partial charge in [0.2, 0.25) is 11.8 Å². The molecular weight excluding hydrogens is 534 g/mol. The highest BCUT2D eigenvalue weighted by Crippen LogP contribution is 2.68. The number of aliphatic hydroxyl groups excluding tert-OH is 1. The molecule has 3 unspecified atom stereocenters. The van der Waals surface area contributed by atoms with Crippen LogP contribution in [0.25, 0.3) is 0 Å². The van der Waals surface area contributed by atoms with Crippen molar-refractivity contribution in [1.29, 1.82) is 0 Å². The number of carbonyl (C=O) groups excluding carboxylic acids is 3. The Kier molecular flexibility index (Phi) is 7.74. The molecule has 7 atom stereocenters. The number of rotatable bonds is 9. The minimum absolute atomic E-state index is 0.0148. The topological polar surface area (TPSA) is 99.2 Å². The lowest BCUT2D eigenvalue weighted by Gasteiger charge is -2.36. The molecule has 8 nitrogen and oxygen atoms in total. The predicted molar refractivity (Wildman–Crippen MR) is 141 cm³/mol. The van der Waals surface area contributed by atoms with Crippen LogP contribution in [0.4, 0.5) is 11.4 Å². The van der Waals surface area contributed by atoms with Gasteiger partial charge in [0.1, 0.15) is 6.04 Å². The van der Waals surface area contributed by atoms with Crippen molar-refractivity contribution in [1.82, 2.24) is 4.90 Å². The van der Waals surface area contributed by atoms with Crippen LogP contribution in [0, 0.1) is 11.8 Å². The standard InChI is InChI=1S/C25H34BrN3O5S/c1-5-28(6-2)16-10-8-15(9-11-16)27-22(31)21-25-12-17(26)20(35-25)18(24(33)34-7-3)19(25)23(32)29(21)14(4)13-30/h8-11,14,17-21,30H,5-7,12-13H2,1-4H3,(H,27,31)/t14-,17?,18+,19+,20+,21?,25?/m1/s1. The van der Waals surface area contributed by atoms with Gasteiger partial charge in [0, 0.05) is 34.5 Å². The fraction of sp³-hybridized carbons (Fsp3) is 0.640. The molecule has 3 saturated heterocycles. The molecule has 2 bridgehead atoms. The number of ether oxygens (including phenoxy) is 1. The van der Waals surface area contributed by atoms with E-state index in [9.17, 15) is 19.5 Å². The molecule has 2 amide bonds. The molecular formula is C25H34BrN3O5S. The highest BCUT2D eigenvalue weighted by atomic mass is 79.9. The average molecular weight is 569 g/mol. The molecule has 3 aliphatic rings. The lowest BCUT2D eigenvalue weighted by Crippen LogP contribution is -2.54. The SMILES string of the molecule is CCOC(=O)[C@H]1[C@H]2C(=O)N([C@H](C)CO)C(C(=O)Nc3ccc(N(CC)CC)cc3)C23CC(Br)[C@@H]1S3. The Labute approximate surface area is 219 Å². The van der Waals surface area contributed by atoms with Gasteiger partial charge in [-0.05, 0) is 58.4 Å². The normalized spacial score (nSPS) is 31.9. The Bertz CT molecular complexity index is 974. The number of fused-ring (bicyclic) bond motifs is 1. The van der Waals surface area contributed by atoms with Gasteiger partial charge in [-0.2, -0.15) is 0 Å². The van der Waals surface area contributed by atoms with Crippen LogP contribution >= 0.6 is 27.7 Å². The molecule has 1 aromatic carbocycles. The van der Waals surface area contributed by atoms with Crippen LogP contribution < -0.4 is 10.2 Å². The van der Waals surface area contributed by atoms with E-state index < -0.39 is 28.7 Å². The molecule has 2 N–H and O–H groups in total. The van der Waals surface area contributed by atoms with Crippen LogP contribution in [0.15, 0.2) is 24.3 Å². The van der Waals surface area contributed by atoms with E-state index in [1.54, 1.807) is 25.6 Å². The average Bonchev–Trinajstić information content (AvgIpc) is 3.44. The zero-order chi connectivity index (χ0) is 25.5. The number of alkyl halides is 1. The van der Waals surface area contributed by atoms with Gasteiger partial charge >= 0.3 is 5.97 Å². The Morgan fingerprint density at radius 2 is 1.94 bits per heavy atom. The van der Waals surface area contributed by atoms with Crippen molar-refractivity contribution < 1.29 is 24.2 Å². The minimum Gasteiger partial charge on any atom is -0.466 e. The number of nitrogens with one attached hydrogen (secondary N) is 1. The summed E-state index contributed by atoms with van der Waals surface area (Å²) in [5, 5.41) is 12.8. The zero-order valence-electron chi connectivity index (χ0n) is 20.6. The number of nitrogens with zero attached hydrogens (tertiary/aromatic N) is 2. The summed E-state index contributed by atoms with van der Waals surface area (Å²) >= 11 is 5.27. The molecule has 192 valence electrons. The molecule has 3 fully saturated rings. The summed E-state index contributed by atoms with van der Waals surface area (Å²) in [6.07, 6.45) is 0.586. The van der Waals surface area contributed by atoms with Gasteiger partial charge in [-0.15, -0.1) is 11.8 Å². The molecule has 35 heavy (non-hydrogen) atoms. The third kappa shape index (κ3) is 4.25. The summed E-state index contributed by atoms with van der Waals surface area (Å²) in [6.45, 7) is 9.41. The minimum atomic E-state index is -0.806. The lowest BCUT2D eigenvalue weighted by atomic mass is 9.71. The maximum atomic E-state index is 13.8. The smallest absolute Gasteiger partial charge is 0.310 e. The van der Waals surface area contributed by atoms with E-state index in [0.717, 1.165) is 18.8 Å². The predicted octanol–water partition coefficient (Wildman–Crippen LogP) is 2.88. The van der Waals surface area contributed by atoms with E-state index in [2.05, 4.69) is 40.0 Å². The number of carbonyl (C=O) groups is 3. The van der Waals surface area contributed by atoms with Gasteiger partial charge in [0.05, 0.1) is 35.8 Å². The van der Waals surface area contributed by atoms with Gasteiger partial charge in [0.25, 0.3) is 0 Å². The summed E-state index contributed by atoms with van der Waals surface area (Å²) in [5.41, 5.74) is 1.72. The summed E-state index contributed by atoms with van der Waals surface area (Å²) in [4.78, 5) is 44.2. The molecule has 1 spiro atoms. The van der Waals surface area contributed by atoms with E-state index in [0.29, 0.717) is 12.1 Å². The van der Waals surface area contributed by atoms with Gasteiger partial charge in [-0.25, -0.2) is 0 Å². The number of aliphatic hydroxyl groups is 1. The van der Waals surface area contributed by atoms with Crippen LogP contribution in [0.3, 0.4) is 0 Å². The Hall–Kier alpha value is -1.78. The number of anilines is 2. The van der Waals surface area contributed by atoms with Crippen molar-refractivity contribution in [3.63, 3.8) is 0 Å². The molecule has 1 aromatic rings. The number of likely N-dealkylation sites (tertiary alicyclic amines) is 1. The van der Waals surface area contributed by atoms with Crippen molar-refractivity contribution >= 4 is 56.9 Å². The molecule has 0 aromatic heterocycles. The van der Waals surface area contributed by atoms with Crippen molar-refractivity contribution in [3.8, 4) is 0 Å². The number of hydrogen-bond donors (Lipinski definition) is 2. The van der Waals surface area contributed by atoms with E-state index in [1.165, 1.54) is 4.90 Å². The first-order valence-corrected chi connectivity index (χ1v) is 14.1. The van der Waals surface area contributed by atoms with Crippen LogP contribution in [-0.4, -0.2) is 81.0 Å². The highest BCUT2D eigenvalue weighted by molar-refractivity contribution is 9.09. The Balaban J connectivity index is 1.66. The first kappa shape index (κ1) is 26.3. The fourth-order valence-corrected chi connectivity index (χ4v) is 9.58. The molecule has 4 rings (SSSR count). The molecule has 3 aliphatic heterocycles. The van der Waals surface area contributed by atoms with Crippen LogP contribution in [-0.2, 0) is 19.1 Å². The molecule has 3 heterocycles. The van der Waals surface area contributed by atoms with E-state index >= 15 is 0 Å². The molecule has 0 radical (unpaired) electrons. The number of thioether (sulfide) groups is 1. The van der Waals surface area contributed by atoms with Crippen molar-refractivity contribution in [2.75, 3.05) is 36.5 Å². The van der Waals surface area contributed by atoms with Gasteiger partial charge in [0.15, 0.2) is 0 Å². The van der Waals surface area contributed by atoms with Gasteiger partial charge in [-0.3, -0.25) is 14.4 Å². The van der Waals surface area contributed by atoms with Crippen molar-refractivity contribution in [2.24, 2.45) is 11.8 Å². The second-order valence-corrected chi connectivity index (χ2v) is 12.1. The van der Waals surface area contributed by atoms with Crippen molar-refractivity contribution in [2.45, 2.75) is 61.0 Å². The maximum Gasteiger partial charge on any atom is 0.310 e. The Morgan fingerprint density at radius 3 is 2.51 bits per heavy atom. The number of hydrogen-bond acceptors (Lipinski definition) is 7. The van der Waals surface area contributed by atoms with E-state index in [1.807, 2.05) is 24.3 Å². The molecule has 10 heteroatoms. The largest absolute Gasteiger partial charge is 0.466 e. The fourth-order valence-electron chi connectivity index (χ4n) is 5.99. The lowest BCUT2D eigenvalue weighted by molar-refractivity contribution is -0.154. The van der Waals surface area contributed by atoms with E-state index in [4.69, 9.17) is 4.74 Å². The monoisotopic (exact) mass is 567 g/mol. The van der Waals surface area contributed by atoms with Crippen molar-refractivity contribution in [3.05, 3.63) is 24.3 Å². The Morgan fingerprint density at radius 1 is 1.29 bits per heavy atom. The highest BCUT2D eigenvalue weighted by Gasteiger charge is 2.76. The second-order valence-electron chi connectivity index (χ2n) is 9.40. The van der Waals surface area contributed by atoms with E-state index in [-0.39, 0.29) is 41.1 Å².